The van der Waals surface area contributed by atoms with Gasteiger partial charge < -0.3 is 14.4 Å². The van der Waals surface area contributed by atoms with Gasteiger partial charge in [-0.1, -0.05) is 5.16 Å². The van der Waals surface area contributed by atoms with Crippen molar-refractivity contribution in [2.75, 3.05) is 6.54 Å². The maximum absolute atomic E-state index is 10.6. The minimum atomic E-state index is -5.08. The third kappa shape index (κ3) is 5.55. The zero-order chi connectivity index (χ0) is 21.2. The summed E-state index contributed by atoms with van der Waals surface area (Å²) >= 11 is 1.90. The van der Waals surface area contributed by atoms with Gasteiger partial charge in [0.2, 0.25) is 0 Å². The molecule has 2 aliphatic heterocycles. The first-order valence-corrected chi connectivity index (χ1v) is 10.00. The number of ether oxygens (including phenoxy) is 1. The summed E-state index contributed by atoms with van der Waals surface area (Å²) in [5.74, 6) is -1.43. The number of carbonyl (C=O) groups is 1. The predicted molar refractivity (Wildman–Crippen MR) is 97.4 cm³/mol. The topological polar surface area (TPSA) is 88.7 Å². The SMILES string of the molecule is Cc1noc([C@H]2CC[C@@H]3[C@@H](CCN3Cc3ccc(C)s3)O2)n1.O=C(O)C(F)(F)F. The van der Waals surface area contributed by atoms with E-state index >= 15 is 0 Å². The molecule has 3 atom stereocenters. The van der Waals surface area contributed by atoms with Crippen molar-refractivity contribution in [3.8, 4) is 0 Å². The van der Waals surface area contributed by atoms with Crippen LogP contribution in [0.3, 0.4) is 0 Å². The van der Waals surface area contributed by atoms with E-state index in [4.69, 9.17) is 19.2 Å². The van der Waals surface area contributed by atoms with E-state index in [-0.39, 0.29) is 6.10 Å². The van der Waals surface area contributed by atoms with E-state index in [2.05, 4.69) is 34.1 Å². The fraction of sp³-hybridized carbons (Fsp3) is 0.611. The number of halogens is 3. The number of aryl methyl sites for hydroxylation is 2. The van der Waals surface area contributed by atoms with Crippen molar-refractivity contribution in [1.29, 1.82) is 0 Å². The lowest BCUT2D eigenvalue weighted by Gasteiger charge is -2.34. The highest BCUT2D eigenvalue weighted by Gasteiger charge is 2.41. The third-order valence-electron chi connectivity index (χ3n) is 4.88. The molecule has 7 nitrogen and oxygen atoms in total. The first-order valence-electron chi connectivity index (χ1n) is 9.18. The van der Waals surface area contributed by atoms with Crippen LogP contribution in [0.2, 0.25) is 0 Å². The lowest BCUT2D eigenvalue weighted by molar-refractivity contribution is -0.192. The average molecular weight is 433 g/mol. The summed E-state index contributed by atoms with van der Waals surface area (Å²) in [6.07, 6.45) is -1.61. The van der Waals surface area contributed by atoms with E-state index in [1.807, 2.05) is 18.3 Å². The second-order valence-corrected chi connectivity index (χ2v) is 8.43. The molecule has 0 bridgehead atoms. The minimum Gasteiger partial charge on any atom is -0.475 e. The van der Waals surface area contributed by atoms with Crippen molar-refractivity contribution < 1.29 is 32.3 Å². The van der Waals surface area contributed by atoms with Crippen molar-refractivity contribution in [2.24, 2.45) is 0 Å². The lowest BCUT2D eigenvalue weighted by Crippen LogP contribution is -2.40. The van der Waals surface area contributed by atoms with Gasteiger partial charge in [0, 0.05) is 28.9 Å². The Balaban J connectivity index is 0.000000298. The van der Waals surface area contributed by atoms with Gasteiger partial charge in [0.15, 0.2) is 5.82 Å². The van der Waals surface area contributed by atoms with E-state index < -0.39 is 12.1 Å². The first kappa shape index (κ1) is 21.7. The molecule has 29 heavy (non-hydrogen) atoms. The fourth-order valence-electron chi connectivity index (χ4n) is 3.61. The van der Waals surface area contributed by atoms with Crippen molar-refractivity contribution in [1.82, 2.24) is 15.0 Å². The predicted octanol–water partition coefficient (Wildman–Crippen LogP) is 3.88. The molecule has 2 aromatic heterocycles. The molecule has 1 N–H and O–H groups in total. The number of thiophene rings is 1. The Bertz CT molecular complexity index is 838. The molecular formula is C18H22F3N3O4S. The summed E-state index contributed by atoms with van der Waals surface area (Å²) in [5, 5.41) is 11.0. The smallest absolute Gasteiger partial charge is 0.475 e. The summed E-state index contributed by atoms with van der Waals surface area (Å²) in [7, 11) is 0. The Hall–Kier alpha value is -1.98. The van der Waals surface area contributed by atoms with E-state index in [1.165, 1.54) is 9.75 Å². The molecule has 0 aliphatic carbocycles. The third-order valence-corrected chi connectivity index (χ3v) is 5.86. The second-order valence-electron chi connectivity index (χ2n) is 7.06. The number of alkyl halides is 3. The van der Waals surface area contributed by atoms with E-state index in [0.717, 1.165) is 32.4 Å². The molecule has 0 spiro atoms. The van der Waals surface area contributed by atoms with Crippen LogP contribution >= 0.6 is 11.3 Å². The molecule has 4 heterocycles. The monoisotopic (exact) mass is 433 g/mol. The lowest BCUT2D eigenvalue weighted by atomic mass is 9.99. The van der Waals surface area contributed by atoms with E-state index in [9.17, 15) is 13.2 Å². The molecule has 0 saturated carbocycles. The number of aromatic nitrogens is 2. The van der Waals surface area contributed by atoms with E-state index in [0.29, 0.717) is 23.9 Å². The Labute approximate surface area is 169 Å². The standard InChI is InChI=1S/C16H21N3O2S.C2HF3O2/c1-10-3-4-12(22-10)9-19-8-7-14-13(19)5-6-15(20-14)16-17-11(2)18-21-16;3-2(4,5)1(6)7/h3-4,13-15H,5-9H2,1-2H3;(H,6,7)/t13-,14-,15-;/m1./s1. The number of hydrogen-bond donors (Lipinski definition) is 1. The van der Waals surface area contributed by atoms with Crippen LogP contribution in [0.1, 0.15) is 46.8 Å². The van der Waals surface area contributed by atoms with Gasteiger partial charge in [-0.05, 0) is 45.2 Å². The van der Waals surface area contributed by atoms with Crippen molar-refractivity contribution >= 4 is 17.3 Å². The van der Waals surface area contributed by atoms with Crippen molar-refractivity contribution in [3.63, 3.8) is 0 Å². The Morgan fingerprint density at radius 1 is 1.31 bits per heavy atom. The van der Waals surface area contributed by atoms with Crippen LogP contribution in [-0.2, 0) is 16.1 Å². The van der Waals surface area contributed by atoms with Gasteiger partial charge in [-0.15, -0.1) is 11.3 Å². The van der Waals surface area contributed by atoms with Crippen molar-refractivity contribution in [2.45, 2.75) is 64.1 Å². The zero-order valence-corrected chi connectivity index (χ0v) is 16.8. The van der Waals surface area contributed by atoms with Crippen molar-refractivity contribution in [3.05, 3.63) is 33.6 Å². The number of aliphatic carboxylic acids is 1. The van der Waals surface area contributed by atoms with Crippen LogP contribution in [0.25, 0.3) is 0 Å². The molecule has 0 unspecified atom stereocenters. The Morgan fingerprint density at radius 3 is 2.59 bits per heavy atom. The number of nitrogens with zero attached hydrogens (tertiary/aromatic N) is 3. The highest BCUT2D eigenvalue weighted by Crippen LogP contribution is 2.38. The van der Waals surface area contributed by atoms with Gasteiger partial charge in [0.25, 0.3) is 5.89 Å². The molecule has 4 rings (SSSR count). The summed E-state index contributed by atoms with van der Waals surface area (Å²) in [6, 6.07) is 4.99. The number of carboxylic acids is 1. The molecule has 11 heteroatoms. The number of rotatable bonds is 3. The highest BCUT2D eigenvalue weighted by atomic mass is 32.1. The molecule has 2 aliphatic rings. The van der Waals surface area contributed by atoms with Crippen LogP contribution in [-0.4, -0.2) is 51.0 Å². The van der Waals surface area contributed by atoms with Gasteiger partial charge in [-0.2, -0.15) is 18.2 Å². The first-order chi connectivity index (χ1) is 13.6. The Morgan fingerprint density at radius 2 is 2.03 bits per heavy atom. The fourth-order valence-corrected chi connectivity index (χ4v) is 4.52. The molecule has 2 saturated heterocycles. The number of likely N-dealkylation sites (tertiary alicyclic amines) is 1. The van der Waals surface area contributed by atoms with Gasteiger partial charge >= 0.3 is 12.1 Å². The van der Waals surface area contributed by atoms with Gasteiger partial charge in [-0.3, -0.25) is 4.90 Å². The largest absolute Gasteiger partial charge is 0.490 e. The molecule has 0 radical (unpaired) electrons. The number of fused-ring (bicyclic) bond motifs is 1. The van der Waals surface area contributed by atoms with E-state index in [1.54, 1.807) is 0 Å². The van der Waals surface area contributed by atoms with Gasteiger partial charge in [0.05, 0.1) is 6.10 Å². The zero-order valence-electron chi connectivity index (χ0n) is 16.0. The quantitative estimate of drug-likeness (QED) is 0.786. The summed E-state index contributed by atoms with van der Waals surface area (Å²) in [6.45, 7) is 6.18. The number of carboxylic acid groups (broad SMARTS) is 1. The molecule has 2 aromatic rings. The molecule has 0 amide bonds. The van der Waals surface area contributed by atoms with Crippen LogP contribution in [0.5, 0.6) is 0 Å². The molecular weight excluding hydrogens is 411 g/mol. The summed E-state index contributed by atoms with van der Waals surface area (Å²) in [5.41, 5.74) is 0. The minimum absolute atomic E-state index is 0.0219. The van der Waals surface area contributed by atoms with Crippen LogP contribution in [0, 0.1) is 13.8 Å². The van der Waals surface area contributed by atoms with Gasteiger partial charge in [-0.25, -0.2) is 4.79 Å². The second kappa shape index (κ2) is 8.80. The maximum atomic E-state index is 10.6. The summed E-state index contributed by atoms with van der Waals surface area (Å²) < 4.78 is 43.3. The van der Waals surface area contributed by atoms with Gasteiger partial charge in [0.1, 0.15) is 6.10 Å². The molecule has 160 valence electrons. The normalized spacial score (nSPS) is 24.7. The van der Waals surface area contributed by atoms with Crippen LogP contribution in [0.15, 0.2) is 16.7 Å². The molecule has 2 fully saturated rings. The summed E-state index contributed by atoms with van der Waals surface area (Å²) in [4.78, 5) is 18.6. The highest BCUT2D eigenvalue weighted by molar-refractivity contribution is 7.11. The Kier molecular flexibility index (Phi) is 6.59. The van der Waals surface area contributed by atoms with Crippen LogP contribution < -0.4 is 0 Å². The van der Waals surface area contributed by atoms with Crippen LogP contribution in [0.4, 0.5) is 13.2 Å². The molecule has 0 aromatic carbocycles. The maximum Gasteiger partial charge on any atom is 0.490 e. The number of hydrogen-bond acceptors (Lipinski definition) is 7. The average Bonchev–Trinajstić information content (AvgIpc) is 3.36.